The number of hydrogen-bond acceptors (Lipinski definition) is 4. The van der Waals surface area contributed by atoms with Crippen molar-refractivity contribution in [3.05, 3.63) is 53.6 Å². The predicted molar refractivity (Wildman–Crippen MR) is 80.8 cm³/mol. The average Bonchev–Trinajstić information content (AvgIpc) is 2.47. The van der Waals surface area contributed by atoms with Crippen LogP contribution >= 0.6 is 11.8 Å². The van der Waals surface area contributed by atoms with Crippen LogP contribution < -0.4 is 10.5 Å². The topological polar surface area (TPSA) is 67.8 Å². The molecule has 0 bridgehead atoms. The number of oxime groups is 1. The predicted octanol–water partition coefficient (Wildman–Crippen LogP) is 3.25. The minimum Gasteiger partial charge on any atom is -0.496 e. The lowest BCUT2D eigenvalue weighted by molar-refractivity contribution is 0.318. The molecule has 0 radical (unpaired) electrons. The molecule has 104 valence electrons. The van der Waals surface area contributed by atoms with Gasteiger partial charge in [0.2, 0.25) is 0 Å². The van der Waals surface area contributed by atoms with Crippen molar-refractivity contribution in [2.24, 2.45) is 10.9 Å². The highest BCUT2D eigenvalue weighted by atomic mass is 32.2. The van der Waals surface area contributed by atoms with Gasteiger partial charge in [-0.15, -0.1) is 0 Å². The number of hydrogen-bond donors (Lipinski definition) is 2. The van der Waals surface area contributed by atoms with Crippen LogP contribution in [0.4, 0.5) is 0 Å². The third kappa shape index (κ3) is 3.05. The second kappa shape index (κ2) is 6.34. The minimum absolute atomic E-state index is 0.122. The molecule has 5 heteroatoms. The van der Waals surface area contributed by atoms with Crippen LogP contribution in [0.25, 0.3) is 0 Å². The fourth-order valence-corrected chi connectivity index (χ4v) is 2.90. The van der Waals surface area contributed by atoms with Crippen molar-refractivity contribution in [3.63, 3.8) is 0 Å². The third-order valence-electron chi connectivity index (χ3n) is 2.88. The molecule has 0 aliphatic rings. The first-order chi connectivity index (χ1) is 9.65. The molecule has 0 amide bonds. The normalized spacial score (nSPS) is 11.4. The van der Waals surface area contributed by atoms with Gasteiger partial charge in [-0.2, -0.15) is 0 Å². The van der Waals surface area contributed by atoms with Gasteiger partial charge in [-0.3, -0.25) is 0 Å². The maximum Gasteiger partial charge on any atom is 0.170 e. The number of methoxy groups -OCH3 is 1. The fraction of sp³-hybridized carbons (Fsp3) is 0.133. The molecule has 0 heterocycles. The van der Waals surface area contributed by atoms with E-state index in [0.29, 0.717) is 0 Å². The van der Waals surface area contributed by atoms with E-state index in [4.69, 9.17) is 15.7 Å². The quantitative estimate of drug-likeness (QED) is 0.392. The van der Waals surface area contributed by atoms with Crippen LogP contribution in [0, 0.1) is 6.92 Å². The Labute approximate surface area is 122 Å². The summed E-state index contributed by atoms with van der Waals surface area (Å²) in [6.07, 6.45) is 0. The standard InChI is InChI=1S/C15H16N2O2S/c1-10-9-11(7-8-12(10)15(16)17-18)20-14-6-4-3-5-13(14)19-2/h3-9,18H,1-2H3,(H2,16,17). The van der Waals surface area contributed by atoms with Gasteiger partial charge in [0.15, 0.2) is 5.84 Å². The lowest BCUT2D eigenvalue weighted by Crippen LogP contribution is -2.14. The molecule has 2 rings (SSSR count). The van der Waals surface area contributed by atoms with Gasteiger partial charge < -0.3 is 15.7 Å². The molecule has 0 saturated heterocycles. The van der Waals surface area contributed by atoms with Crippen molar-refractivity contribution in [1.82, 2.24) is 0 Å². The van der Waals surface area contributed by atoms with Gasteiger partial charge in [0.05, 0.1) is 12.0 Å². The number of benzene rings is 2. The van der Waals surface area contributed by atoms with Crippen LogP contribution in [0.2, 0.25) is 0 Å². The van der Waals surface area contributed by atoms with E-state index >= 15 is 0 Å². The second-order valence-electron chi connectivity index (χ2n) is 4.21. The number of ether oxygens (including phenoxy) is 1. The number of nitrogens with zero attached hydrogens (tertiary/aromatic N) is 1. The first-order valence-electron chi connectivity index (χ1n) is 6.05. The summed E-state index contributed by atoms with van der Waals surface area (Å²) in [5, 5.41) is 11.8. The van der Waals surface area contributed by atoms with Crippen LogP contribution in [-0.4, -0.2) is 18.2 Å². The Morgan fingerprint density at radius 3 is 2.65 bits per heavy atom. The fourth-order valence-electron chi connectivity index (χ4n) is 1.87. The molecule has 0 saturated carbocycles. The number of para-hydroxylation sites is 1. The Morgan fingerprint density at radius 2 is 2.00 bits per heavy atom. The minimum atomic E-state index is 0.122. The van der Waals surface area contributed by atoms with E-state index in [1.807, 2.05) is 49.4 Å². The molecule has 20 heavy (non-hydrogen) atoms. The zero-order valence-electron chi connectivity index (χ0n) is 11.3. The van der Waals surface area contributed by atoms with E-state index in [9.17, 15) is 0 Å². The zero-order valence-corrected chi connectivity index (χ0v) is 12.1. The van der Waals surface area contributed by atoms with Gasteiger partial charge in [0.1, 0.15) is 5.75 Å². The van der Waals surface area contributed by atoms with Crippen molar-refractivity contribution in [1.29, 1.82) is 0 Å². The van der Waals surface area contributed by atoms with E-state index < -0.39 is 0 Å². The van der Waals surface area contributed by atoms with E-state index in [1.54, 1.807) is 18.9 Å². The van der Waals surface area contributed by atoms with Crippen LogP contribution in [0.1, 0.15) is 11.1 Å². The maximum atomic E-state index is 8.73. The summed E-state index contributed by atoms with van der Waals surface area (Å²) in [6.45, 7) is 1.93. The summed E-state index contributed by atoms with van der Waals surface area (Å²) in [7, 11) is 1.66. The number of nitrogens with two attached hydrogens (primary N) is 1. The number of amidine groups is 1. The number of rotatable bonds is 4. The highest BCUT2D eigenvalue weighted by Crippen LogP contribution is 2.35. The van der Waals surface area contributed by atoms with E-state index in [-0.39, 0.29) is 5.84 Å². The molecule has 2 aromatic rings. The third-order valence-corrected chi connectivity index (χ3v) is 3.93. The summed E-state index contributed by atoms with van der Waals surface area (Å²) in [4.78, 5) is 2.12. The Bertz CT molecular complexity index is 642. The van der Waals surface area contributed by atoms with Gasteiger partial charge in [0.25, 0.3) is 0 Å². The summed E-state index contributed by atoms with van der Waals surface area (Å²) in [5.41, 5.74) is 7.31. The highest BCUT2D eigenvalue weighted by molar-refractivity contribution is 7.99. The first kappa shape index (κ1) is 14.3. The largest absolute Gasteiger partial charge is 0.496 e. The van der Waals surface area contributed by atoms with Gasteiger partial charge in [-0.25, -0.2) is 0 Å². The monoisotopic (exact) mass is 288 g/mol. The average molecular weight is 288 g/mol. The van der Waals surface area contributed by atoms with Crippen molar-refractivity contribution in [2.75, 3.05) is 7.11 Å². The summed E-state index contributed by atoms with van der Waals surface area (Å²) in [5.74, 6) is 0.965. The molecule has 0 unspecified atom stereocenters. The van der Waals surface area contributed by atoms with Gasteiger partial charge >= 0.3 is 0 Å². The lowest BCUT2D eigenvalue weighted by Gasteiger charge is -2.09. The van der Waals surface area contributed by atoms with Crippen LogP contribution in [0.5, 0.6) is 5.75 Å². The molecule has 0 aliphatic carbocycles. The second-order valence-corrected chi connectivity index (χ2v) is 5.33. The van der Waals surface area contributed by atoms with E-state index in [0.717, 1.165) is 26.7 Å². The summed E-state index contributed by atoms with van der Waals surface area (Å²) >= 11 is 1.61. The van der Waals surface area contributed by atoms with Gasteiger partial charge in [-0.05, 0) is 42.8 Å². The Balaban J connectivity index is 2.29. The molecule has 4 nitrogen and oxygen atoms in total. The molecular formula is C15H16N2O2S. The SMILES string of the molecule is COc1ccccc1Sc1ccc(/C(N)=N/O)c(C)c1. The van der Waals surface area contributed by atoms with Crippen molar-refractivity contribution >= 4 is 17.6 Å². The van der Waals surface area contributed by atoms with Crippen molar-refractivity contribution in [3.8, 4) is 5.75 Å². The number of aryl methyl sites for hydroxylation is 1. The first-order valence-corrected chi connectivity index (χ1v) is 6.86. The summed E-state index contributed by atoms with van der Waals surface area (Å²) in [6, 6.07) is 13.7. The molecule has 3 N–H and O–H groups in total. The van der Waals surface area contributed by atoms with Crippen LogP contribution in [0.3, 0.4) is 0 Å². The Morgan fingerprint density at radius 1 is 1.25 bits per heavy atom. The maximum absolute atomic E-state index is 8.73. The molecule has 0 aliphatic heterocycles. The van der Waals surface area contributed by atoms with E-state index in [2.05, 4.69) is 5.16 Å². The van der Waals surface area contributed by atoms with Crippen LogP contribution in [0.15, 0.2) is 57.4 Å². The van der Waals surface area contributed by atoms with Crippen molar-refractivity contribution in [2.45, 2.75) is 16.7 Å². The Kier molecular flexibility index (Phi) is 4.53. The van der Waals surface area contributed by atoms with Crippen molar-refractivity contribution < 1.29 is 9.94 Å². The van der Waals surface area contributed by atoms with E-state index in [1.165, 1.54) is 0 Å². The lowest BCUT2D eigenvalue weighted by atomic mass is 10.1. The Hall–Kier alpha value is -2.14. The molecule has 0 fully saturated rings. The molecule has 2 aromatic carbocycles. The smallest absolute Gasteiger partial charge is 0.170 e. The van der Waals surface area contributed by atoms with Gasteiger partial charge in [0, 0.05) is 10.5 Å². The van der Waals surface area contributed by atoms with Gasteiger partial charge in [-0.1, -0.05) is 29.1 Å². The highest BCUT2D eigenvalue weighted by Gasteiger charge is 2.08. The summed E-state index contributed by atoms with van der Waals surface area (Å²) < 4.78 is 5.33. The molecule has 0 spiro atoms. The molecule has 0 atom stereocenters. The zero-order chi connectivity index (χ0) is 14.5. The van der Waals surface area contributed by atoms with Crippen LogP contribution in [-0.2, 0) is 0 Å². The molecule has 0 aromatic heterocycles. The molecular weight excluding hydrogens is 272 g/mol.